The van der Waals surface area contributed by atoms with Crippen LogP contribution in [0.4, 0.5) is 10.1 Å². The third kappa shape index (κ3) is 2.40. The van der Waals surface area contributed by atoms with E-state index in [9.17, 15) is 9.65 Å². The summed E-state index contributed by atoms with van der Waals surface area (Å²) in [6.45, 7) is 0. The lowest BCUT2D eigenvalue weighted by molar-refractivity contribution is 0.627. The van der Waals surface area contributed by atoms with E-state index in [2.05, 4.69) is 11.4 Å². The van der Waals surface area contributed by atoms with E-state index in [1.165, 1.54) is 17.0 Å². The van der Waals surface area contributed by atoms with E-state index < -0.39 is 0 Å². The smallest absolute Gasteiger partial charge is 0.123 e. The molecule has 1 aliphatic heterocycles. The number of fused-ring (bicyclic) bond motifs is 1. The number of allylic oxidation sites excluding steroid dienone is 1. The summed E-state index contributed by atoms with van der Waals surface area (Å²) in [5.41, 5.74) is 3.17. The fourth-order valence-corrected chi connectivity index (χ4v) is 3.07. The van der Waals surface area contributed by atoms with Gasteiger partial charge in [0.15, 0.2) is 0 Å². The summed E-state index contributed by atoms with van der Waals surface area (Å²) in [5, 5.41) is 12.7. The predicted octanol–water partition coefficient (Wildman–Crippen LogP) is 4.28. The fraction of sp³-hybridized carbons (Fsp3) is 0.0625. The van der Waals surface area contributed by atoms with Crippen LogP contribution >= 0.6 is 11.8 Å². The molecule has 1 heterocycles. The van der Waals surface area contributed by atoms with Gasteiger partial charge in [0, 0.05) is 16.3 Å². The molecule has 0 saturated heterocycles. The minimum absolute atomic E-state index is 0.299. The van der Waals surface area contributed by atoms with Gasteiger partial charge in [0.05, 0.1) is 11.3 Å². The fourth-order valence-electron chi connectivity index (χ4n) is 2.10. The van der Waals surface area contributed by atoms with Crippen molar-refractivity contribution < 1.29 is 4.39 Å². The molecule has 0 saturated carbocycles. The first-order valence-electron chi connectivity index (χ1n) is 6.16. The molecule has 0 bridgehead atoms. The van der Waals surface area contributed by atoms with E-state index in [1.807, 2.05) is 24.3 Å². The highest BCUT2D eigenvalue weighted by Crippen LogP contribution is 2.36. The van der Waals surface area contributed by atoms with Gasteiger partial charge in [0.1, 0.15) is 11.9 Å². The molecule has 0 unspecified atom stereocenters. The molecule has 20 heavy (non-hydrogen) atoms. The van der Waals surface area contributed by atoms with Gasteiger partial charge in [0.2, 0.25) is 0 Å². The first-order valence-corrected chi connectivity index (χ1v) is 7.14. The monoisotopic (exact) mass is 282 g/mol. The molecule has 0 spiro atoms. The number of nitrogens with one attached hydrogen (secondary N) is 1. The lowest BCUT2D eigenvalue weighted by Gasteiger charge is -2.21. The van der Waals surface area contributed by atoms with Crippen LogP contribution in [0.25, 0.3) is 5.57 Å². The number of para-hydroxylation sites is 1. The molecule has 0 fully saturated rings. The van der Waals surface area contributed by atoms with E-state index >= 15 is 0 Å². The van der Waals surface area contributed by atoms with Crippen molar-refractivity contribution in [3.63, 3.8) is 0 Å². The van der Waals surface area contributed by atoms with Gasteiger partial charge in [-0.25, -0.2) is 4.39 Å². The number of hydrogen-bond acceptors (Lipinski definition) is 3. The Morgan fingerprint density at radius 1 is 1.15 bits per heavy atom. The van der Waals surface area contributed by atoms with Gasteiger partial charge < -0.3 is 5.32 Å². The van der Waals surface area contributed by atoms with Gasteiger partial charge in [-0.2, -0.15) is 5.26 Å². The van der Waals surface area contributed by atoms with Crippen molar-refractivity contribution in [1.82, 2.24) is 0 Å². The van der Waals surface area contributed by atoms with Crippen molar-refractivity contribution in [1.29, 1.82) is 5.26 Å². The topological polar surface area (TPSA) is 35.8 Å². The molecule has 0 aliphatic carbocycles. The summed E-state index contributed by atoms with van der Waals surface area (Å²) >= 11 is 1.69. The Morgan fingerprint density at radius 3 is 2.65 bits per heavy atom. The van der Waals surface area contributed by atoms with Crippen molar-refractivity contribution >= 4 is 23.0 Å². The van der Waals surface area contributed by atoms with Gasteiger partial charge in [-0.05, 0) is 29.8 Å². The van der Waals surface area contributed by atoms with Crippen LogP contribution in [0.15, 0.2) is 59.1 Å². The molecular formula is C16H11FN2S. The number of rotatable bonds is 1. The summed E-state index contributed by atoms with van der Waals surface area (Å²) in [4.78, 5) is 1.17. The van der Waals surface area contributed by atoms with Crippen LogP contribution in [0, 0.1) is 17.1 Å². The molecule has 1 aliphatic rings. The number of thioether (sulfide) groups is 1. The normalized spacial score (nSPS) is 15.8. The third-order valence-corrected chi connectivity index (χ3v) is 4.19. The zero-order chi connectivity index (χ0) is 13.9. The van der Waals surface area contributed by atoms with Crippen LogP contribution in [-0.4, -0.2) is 5.75 Å². The molecule has 3 rings (SSSR count). The Balaban J connectivity index is 2.01. The Bertz CT molecular complexity index is 714. The summed E-state index contributed by atoms with van der Waals surface area (Å²) in [6, 6.07) is 16.2. The Morgan fingerprint density at radius 2 is 1.90 bits per heavy atom. The highest BCUT2D eigenvalue weighted by molar-refractivity contribution is 7.99. The Labute approximate surface area is 120 Å². The lowest BCUT2D eigenvalue weighted by Crippen LogP contribution is -2.10. The molecule has 0 aromatic heterocycles. The third-order valence-electron chi connectivity index (χ3n) is 3.09. The maximum absolute atomic E-state index is 13.0. The van der Waals surface area contributed by atoms with Crippen LogP contribution in [0.3, 0.4) is 0 Å². The average Bonchev–Trinajstić information content (AvgIpc) is 2.50. The summed E-state index contributed by atoms with van der Waals surface area (Å²) in [6.07, 6.45) is 0. The standard InChI is InChI=1S/C16H11FN2S/c17-12-7-5-11(6-8-12)13(9-18)15-10-20-16-4-2-1-3-14(16)19-15/h1-8,19H,10H2. The molecule has 0 radical (unpaired) electrons. The average molecular weight is 282 g/mol. The first-order chi connectivity index (χ1) is 9.78. The number of nitriles is 1. The summed E-state index contributed by atoms with van der Waals surface area (Å²) in [7, 11) is 0. The van der Waals surface area contributed by atoms with Gasteiger partial charge in [-0.15, -0.1) is 11.8 Å². The van der Waals surface area contributed by atoms with E-state index in [0.717, 1.165) is 16.9 Å². The quantitative estimate of drug-likeness (QED) is 0.793. The lowest BCUT2D eigenvalue weighted by atomic mass is 10.0. The molecule has 2 aromatic rings. The largest absolute Gasteiger partial charge is 0.356 e. The molecule has 2 nitrogen and oxygen atoms in total. The number of halogens is 1. The van der Waals surface area contributed by atoms with Crippen molar-refractivity contribution in [2.24, 2.45) is 0 Å². The van der Waals surface area contributed by atoms with Crippen molar-refractivity contribution in [3.8, 4) is 6.07 Å². The van der Waals surface area contributed by atoms with E-state index in [-0.39, 0.29) is 5.82 Å². The molecule has 1 N–H and O–H groups in total. The van der Waals surface area contributed by atoms with E-state index in [0.29, 0.717) is 11.3 Å². The summed E-state index contributed by atoms with van der Waals surface area (Å²) < 4.78 is 13.0. The SMILES string of the molecule is N#CC(=C1CSc2ccccc2N1)c1ccc(F)cc1. The zero-order valence-corrected chi connectivity index (χ0v) is 11.4. The minimum Gasteiger partial charge on any atom is -0.356 e. The van der Waals surface area contributed by atoms with Gasteiger partial charge >= 0.3 is 0 Å². The molecular weight excluding hydrogens is 271 g/mol. The second-order valence-electron chi connectivity index (χ2n) is 4.38. The molecule has 0 atom stereocenters. The molecule has 98 valence electrons. The highest BCUT2D eigenvalue weighted by atomic mass is 32.2. The van der Waals surface area contributed by atoms with Crippen molar-refractivity contribution in [3.05, 3.63) is 65.6 Å². The summed E-state index contributed by atoms with van der Waals surface area (Å²) in [5.74, 6) is 0.407. The first kappa shape index (κ1) is 12.8. The van der Waals surface area contributed by atoms with Crippen molar-refractivity contribution in [2.45, 2.75) is 4.90 Å². The van der Waals surface area contributed by atoms with E-state index in [4.69, 9.17) is 0 Å². The van der Waals surface area contributed by atoms with Gasteiger partial charge in [0.25, 0.3) is 0 Å². The number of benzene rings is 2. The van der Waals surface area contributed by atoms with Crippen LogP contribution in [0.5, 0.6) is 0 Å². The number of nitrogens with zero attached hydrogens (tertiary/aromatic N) is 1. The maximum atomic E-state index is 13.0. The number of hydrogen-bond donors (Lipinski definition) is 1. The molecule has 4 heteroatoms. The van der Waals surface area contributed by atoms with Gasteiger partial charge in [-0.3, -0.25) is 0 Å². The van der Waals surface area contributed by atoms with E-state index in [1.54, 1.807) is 23.9 Å². The molecule has 0 amide bonds. The van der Waals surface area contributed by atoms with Crippen LogP contribution in [0.2, 0.25) is 0 Å². The number of anilines is 1. The predicted molar refractivity (Wildman–Crippen MR) is 79.7 cm³/mol. The zero-order valence-electron chi connectivity index (χ0n) is 10.6. The Kier molecular flexibility index (Phi) is 3.44. The Hall–Kier alpha value is -2.25. The second-order valence-corrected chi connectivity index (χ2v) is 5.40. The minimum atomic E-state index is -0.299. The van der Waals surface area contributed by atoms with Crippen LogP contribution in [0.1, 0.15) is 5.56 Å². The molecule has 2 aromatic carbocycles. The van der Waals surface area contributed by atoms with Crippen LogP contribution in [-0.2, 0) is 0 Å². The second kappa shape index (κ2) is 5.40. The maximum Gasteiger partial charge on any atom is 0.123 e. The van der Waals surface area contributed by atoms with Crippen molar-refractivity contribution in [2.75, 3.05) is 11.1 Å². The van der Waals surface area contributed by atoms with Crippen LogP contribution < -0.4 is 5.32 Å². The highest BCUT2D eigenvalue weighted by Gasteiger charge is 2.16. The van der Waals surface area contributed by atoms with Gasteiger partial charge in [-0.1, -0.05) is 24.3 Å².